The molecule has 3 nitrogen and oxygen atoms in total. The van der Waals surface area contributed by atoms with Crippen LogP contribution in [0.1, 0.15) is 0 Å². The van der Waals surface area contributed by atoms with Gasteiger partial charge in [0, 0.05) is 33.4 Å². The molecular weight excluding hydrogens is 277 g/mol. The number of anilines is 3. The van der Waals surface area contributed by atoms with E-state index in [-0.39, 0.29) is 5.82 Å². The van der Waals surface area contributed by atoms with Gasteiger partial charge in [0.05, 0.1) is 0 Å². The molecule has 2 aromatic carbocycles. The third-order valence-electron chi connectivity index (χ3n) is 2.96. The second-order valence-electron chi connectivity index (χ2n) is 4.39. The van der Waals surface area contributed by atoms with Crippen LogP contribution in [0.4, 0.5) is 21.6 Å². The molecule has 0 amide bonds. The van der Waals surface area contributed by atoms with Crippen molar-refractivity contribution in [2.75, 3.05) is 11.1 Å². The van der Waals surface area contributed by atoms with E-state index in [9.17, 15) is 4.39 Å². The van der Waals surface area contributed by atoms with Gasteiger partial charge in [-0.1, -0.05) is 17.7 Å². The van der Waals surface area contributed by atoms with E-state index in [2.05, 4.69) is 10.3 Å². The molecule has 0 fully saturated rings. The van der Waals surface area contributed by atoms with Crippen LogP contribution in [0.5, 0.6) is 0 Å². The van der Waals surface area contributed by atoms with Crippen LogP contribution in [0.25, 0.3) is 10.8 Å². The van der Waals surface area contributed by atoms with Crippen LogP contribution >= 0.6 is 11.6 Å². The van der Waals surface area contributed by atoms with E-state index in [1.54, 1.807) is 30.5 Å². The molecule has 0 aliphatic heterocycles. The van der Waals surface area contributed by atoms with Crippen molar-refractivity contribution in [1.29, 1.82) is 0 Å². The van der Waals surface area contributed by atoms with Crippen LogP contribution in [-0.4, -0.2) is 4.98 Å². The largest absolute Gasteiger partial charge is 0.398 e. The van der Waals surface area contributed by atoms with Gasteiger partial charge in [0.25, 0.3) is 0 Å². The van der Waals surface area contributed by atoms with Gasteiger partial charge in [-0.15, -0.1) is 0 Å². The zero-order valence-electron chi connectivity index (χ0n) is 10.4. The number of pyridine rings is 1. The third kappa shape index (κ3) is 2.38. The highest BCUT2D eigenvalue weighted by Crippen LogP contribution is 2.31. The summed E-state index contributed by atoms with van der Waals surface area (Å²) in [7, 11) is 0. The van der Waals surface area contributed by atoms with E-state index >= 15 is 0 Å². The quantitative estimate of drug-likeness (QED) is 0.689. The van der Waals surface area contributed by atoms with Crippen molar-refractivity contribution in [3.63, 3.8) is 0 Å². The van der Waals surface area contributed by atoms with Crippen LogP contribution in [0.3, 0.4) is 0 Å². The van der Waals surface area contributed by atoms with Gasteiger partial charge in [0.1, 0.15) is 11.6 Å². The number of halogens is 2. The highest BCUT2D eigenvalue weighted by molar-refractivity contribution is 6.32. The predicted octanol–water partition coefficient (Wildman–Crippen LogP) is 4.35. The second-order valence-corrected chi connectivity index (χ2v) is 4.82. The molecule has 0 saturated heterocycles. The summed E-state index contributed by atoms with van der Waals surface area (Å²) in [6, 6.07) is 11.5. The van der Waals surface area contributed by atoms with Crippen molar-refractivity contribution in [3.8, 4) is 0 Å². The molecule has 1 heterocycles. The van der Waals surface area contributed by atoms with Crippen molar-refractivity contribution in [3.05, 3.63) is 59.5 Å². The Morgan fingerprint density at radius 3 is 2.75 bits per heavy atom. The molecule has 0 spiro atoms. The lowest BCUT2D eigenvalue weighted by Gasteiger charge is -2.10. The highest BCUT2D eigenvalue weighted by atomic mass is 35.5. The first kappa shape index (κ1) is 12.7. The van der Waals surface area contributed by atoms with Crippen LogP contribution in [0.15, 0.2) is 48.7 Å². The van der Waals surface area contributed by atoms with Crippen molar-refractivity contribution >= 4 is 39.6 Å². The Labute approximate surface area is 120 Å². The van der Waals surface area contributed by atoms with Crippen molar-refractivity contribution in [1.82, 2.24) is 4.98 Å². The predicted molar refractivity (Wildman–Crippen MR) is 80.8 cm³/mol. The number of rotatable bonds is 2. The van der Waals surface area contributed by atoms with Crippen LogP contribution in [-0.2, 0) is 0 Å². The zero-order chi connectivity index (χ0) is 14.1. The van der Waals surface area contributed by atoms with Gasteiger partial charge in [-0.25, -0.2) is 9.37 Å². The lowest BCUT2D eigenvalue weighted by Crippen LogP contribution is -1.96. The molecule has 0 aliphatic carbocycles. The molecule has 0 aliphatic rings. The van der Waals surface area contributed by atoms with Crippen molar-refractivity contribution < 1.29 is 4.39 Å². The molecule has 5 heteroatoms. The van der Waals surface area contributed by atoms with Crippen LogP contribution in [0, 0.1) is 5.82 Å². The number of fused-ring (bicyclic) bond motifs is 1. The number of nitrogen functional groups attached to an aromatic ring is 1. The molecule has 20 heavy (non-hydrogen) atoms. The lowest BCUT2D eigenvalue weighted by atomic mass is 10.1. The van der Waals surface area contributed by atoms with E-state index in [1.165, 1.54) is 12.1 Å². The number of hydrogen-bond donors (Lipinski definition) is 2. The average Bonchev–Trinajstić information content (AvgIpc) is 2.40. The summed E-state index contributed by atoms with van der Waals surface area (Å²) in [4.78, 5) is 4.27. The summed E-state index contributed by atoms with van der Waals surface area (Å²) >= 11 is 6.03. The fraction of sp³-hybridized carbons (Fsp3) is 0. The Balaban J connectivity index is 2.12. The summed E-state index contributed by atoms with van der Waals surface area (Å²) in [5.41, 5.74) is 7.14. The summed E-state index contributed by atoms with van der Waals surface area (Å²) in [6.45, 7) is 0. The van der Waals surface area contributed by atoms with Gasteiger partial charge >= 0.3 is 0 Å². The first-order valence-electron chi connectivity index (χ1n) is 6.00. The van der Waals surface area contributed by atoms with Crippen molar-refractivity contribution in [2.45, 2.75) is 0 Å². The molecule has 1 aromatic heterocycles. The fourth-order valence-corrected chi connectivity index (χ4v) is 2.31. The monoisotopic (exact) mass is 287 g/mol. The van der Waals surface area contributed by atoms with Gasteiger partial charge in [0.2, 0.25) is 0 Å². The first-order chi connectivity index (χ1) is 9.63. The van der Waals surface area contributed by atoms with Crippen molar-refractivity contribution in [2.24, 2.45) is 0 Å². The smallest absolute Gasteiger partial charge is 0.138 e. The summed E-state index contributed by atoms with van der Waals surface area (Å²) in [6.07, 6.45) is 1.65. The maximum atomic E-state index is 13.2. The number of benzene rings is 2. The molecule has 0 bridgehead atoms. The van der Waals surface area contributed by atoms with Gasteiger partial charge in [0.15, 0.2) is 0 Å². The SMILES string of the molecule is Nc1cc(Cl)cc2c(Nc3cccc(F)c3)nccc12. The molecule has 0 radical (unpaired) electrons. The minimum Gasteiger partial charge on any atom is -0.398 e. The fourth-order valence-electron chi connectivity index (χ4n) is 2.08. The van der Waals surface area contributed by atoms with E-state index in [4.69, 9.17) is 17.3 Å². The van der Waals surface area contributed by atoms with E-state index in [0.29, 0.717) is 22.2 Å². The second kappa shape index (κ2) is 4.98. The molecule has 100 valence electrons. The standard InChI is InChI=1S/C15H11ClFN3/c16-9-6-13-12(14(18)7-9)4-5-19-15(13)20-11-3-1-2-10(17)8-11/h1-8H,18H2,(H,19,20). The maximum absolute atomic E-state index is 13.2. The number of nitrogens with zero attached hydrogens (tertiary/aromatic N) is 1. The molecule has 0 unspecified atom stereocenters. The number of nitrogens with one attached hydrogen (secondary N) is 1. The van der Waals surface area contributed by atoms with Crippen LogP contribution < -0.4 is 11.1 Å². The zero-order valence-corrected chi connectivity index (χ0v) is 11.2. The Hall–Kier alpha value is -2.33. The first-order valence-corrected chi connectivity index (χ1v) is 6.37. The minimum absolute atomic E-state index is 0.312. The Bertz CT molecular complexity index is 789. The topological polar surface area (TPSA) is 50.9 Å². The maximum Gasteiger partial charge on any atom is 0.138 e. The van der Waals surface area contributed by atoms with E-state index in [1.807, 2.05) is 6.07 Å². The normalized spacial score (nSPS) is 10.7. The Kier molecular flexibility index (Phi) is 3.16. The average molecular weight is 288 g/mol. The summed E-state index contributed by atoms with van der Waals surface area (Å²) in [5.74, 6) is 0.273. The van der Waals surface area contributed by atoms with Gasteiger partial charge in [-0.05, 0) is 36.4 Å². The lowest BCUT2D eigenvalue weighted by molar-refractivity contribution is 0.628. The number of hydrogen-bond acceptors (Lipinski definition) is 3. The van der Waals surface area contributed by atoms with Gasteiger partial charge in [-0.2, -0.15) is 0 Å². The molecule has 3 aromatic rings. The molecule has 0 atom stereocenters. The summed E-state index contributed by atoms with van der Waals surface area (Å²) < 4.78 is 13.2. The van der Waals surface area contributed by atoms with E-state index < -0.39 is 0 Å². The van der Waals surface area contributed by atoms with Crippen LogP contribution in [0.2, 0.25) is 5.02 Å². The van der Waals surface area contributed by atoms with Gasteiger partial charge < -0.3 is 11.1 Å². The van der Waals surface area contributed by atoms with Gasteiger partial charge in [-0.3, -0.25) is 0 Å². The molecular formula is C15H11ClFN3. The summed E-state index contributed by atoms with van der Waals surface area (Å²) in [5, 5.41) is 5.25. The Morgan fingerprint density at radius 2 is 1.95 bits per heavy atom. The number of aromatic nitrogens is 1. The molecule has 3 rings (SSSR count). The highest BCUT2D eigenvalue weighted by Gasteiger charge is 2.07. The molecule has 3 N–H and O–H groups in total. The minimum atomic E-state index is -0.312. The third-order valence-corrected chi connectivity index (χ3v) is 3.18. The number of nitrogens with two attached hydrogens (primary N) is 1. The Morgan fingerprint density at radius 1 is 1.10 bits per heavy atom. The van der Waals surface area contributed by atoms with E-state index in [0.717, 1.165) is 10.8 Å². The molecule has 0 saturated carbocycles.